The number of aromatic nitrogens is 2. The summed E-state index contributed by atoms with van der Waals surface area (Å²) < 4.78 is 4.93. The van der Waals surface area contributed by atoms with Gasteiger partial charge in [-0.25, -0.2) is 9.97 Å². The van der Waals surface area contributed by atoms with Crippen molar-refractivity contribution in [3.05, 3.63) is 17.6 Å². The molecule has 0 saturated heterocycles. The number of nitrogens with zero attached hydrogens (tertiary/aromatic N) is 2. The summed E-state index contributed by atoms with van der Waals surface area (Å²) in [5.41, 5.74) is 6.68. The van der Waals surface area contributed by atoms with Crippen LogP contribution in [0.15, 0.2) is 6.20 Å². The van der Waals surface area contributed by atoms with Crippen LogP contribution in [-0.2, 0) is 4.79 Å². The summed E-state index contributed by atoms with van der Waals surface area (Å²) in [6.45, 7) is 1.73. The van der Waals surface area contributed by atoms with Gasteiger partial charge in [-0.1, -0.05) is 0 Å². The van der Waals surface area contributed by atoms with Crippen molar-refractivity contribution in [3.63, 3.8) is 0 Å². The van der Waals surface area contributed by atoms with E-state index in [4.69, 9.17) is 15.6 Å². The number of methoxy groups -OCH3 is 1. The number of aliphatic carboxylic acids is 1. The minimum Gasteiger partial charge on any atom is -0.481 e. The third-order valence-corrected chi connectivity index (χ3v) is 1.89. The smallest absolute Gasteiger partial charge is 0.305 e. The van der Waals surface area contributed by atoms with Gasteiger partial charge in [-0.15, -0.1) is 0 Å². The molecular weight excluding hydrogens is 198 g/mol. The monoisotopic (exact) mass is 211 g/mol. The van der Waals surface area contributed by atoms with Crippen molar-refractivity contribution in [2.45, 2.75) is 19.4 Å². The van der Waals surface area contributed by atoms with E-state index < -0.39 is 12.0 Å². The predicted octanol–water partition coefficient (Wildman–Crippen LogP) is 0.268. The predicted molar refractivity (Wildman–Crippen MR) is 52.5 cm³/mol. The summed E-state index contributed by atoms with van der Waals surface area (Å²) in [5, 5.41) is 8.56. The molecule has 0 bridgehead atoms. The quantitative estimate of drug-likeness (QED) is 0.741. The Morgan fingerprint density at radius 2 is 2.40 bits per heavy atom. The summed E-state index contributed by atoms with van der Waals surface area (Å²) in [6, 6.07) is -0.639. The maximum atomic E-state index is 10.4. The highest BCUT2D eigenvalue weighted by molar-refractivity contribution is 5.67. The van der Waals surface area contributed by atoms with Crippen LogP contribution in [0.4, 0.5) is 0 Å². The summed E-state index contributed by atoms with van der Waals surface area (Å²) in [7, 11) is 1.49. The highest BCUT2D eigenvalue weighted by atomic mass is 16.5. The van der Waals surface area contributed by atoms with E-state index in [-0.39, 0.29) is 6.42 Å². The molecule has 15 heavy (non-hydrogen) atoms. The van der Waals surface area contributed by atoms with Crippen LogP contribution in [0.2, 0.25) is 0 Å². The minimum absolute atomic E-state index is 0.166. The average molecular weight is 211 g/mol. The van der Waals surface area contributed by atoms with Crippen LogP contribution < -0.4 is 10.5 Å². The van der Waals surface area contributed by atoms with Gasteiger partial charge in [0, 0.05) is 0 Å². The molecule has 0 saturated carbocycles. The Hall–Kier alpha value is -1.69. The van der Waals surface area contributed by atoms with Crippen LogP contribution in [0.3, 0.4) is 0 Å². The molecule has 1 unspecified atom stereocenters. The van der Waals surface area contributed by atoms with Gasteiger partial charge < -0.3 is 15.6 Å². The van der Waals surface area contributed by atoms with Crippen molar-refractivity contribution in [2.24, 2.45) is 5.73 Å². The molecule has 0 fully saturated rings. The average Bonchev–Trinajstić information content (AvgIpc) is 2.16. The van der Waals surface area contributed by atoms with Crippen LogP contribution in [0.1, 0.15) is 23.9 Å². The lowest BCUT2D eigenvalue weighted by atomic mass is 10.1. The number of ether oxygens (including phenoxy) is 1. The molecule has 0 aromatic carbocycles. The summed E-state index contributed by atoms with van der Waals surface area (Å²) in [4.78, 5) is 18.5. The first kappa shape index (κ1) is 11.4. The van der Waals surface area contributed by atoms with Gasteiger partial charge in [0.05, 0.1) is 37.2 Å². The van der Waals surface area contributed by atoms with E-state index in [0.717, 1.165) is 0 Å². The van der Waals surface area contributed by atoms with E-state index in [1.54, 1.807) is 6.92 Å². The second kappa shape index (κ2) is 4.70. The van der Waals surface area contributed by atoms with E-state index in [0.29, 0.717) is 17.3 Å². The van der Waals surface area contributed by atoms with Gasteiger partial charge in [-0.05, 0) is 6.92 Å². The number of carboxylic acid groups (broad SMARTS) is 1. The molecule has 0 aliphatic heterocycles. The van der Waals surface area contributed by atoms with E-state index >= 15 is 0 Å². The van der Waals surface area contributed by atoms with Crippen molar-refractivity contribution < 1.29 is 14.6 Å². The second-order valence-electron chi connectivity index (χ2n) is 3.09. The minimum atomic E-state index is -0.960. The van der Waals surface area contributed by atoms with Crippen molar-refractivity contribution in [1.82, 2.24) is 9.97 Å². The van der Waals surface area contributed by atoms with Crippen molar-refractivity contribution in [2.75, 3.05) is 7.11 Å². The lowest BCUT2D eigenvalue weighted by molar-refractivity contribution is -0.137. The molecule has 0 aliphatic carbocycles. The Labute approximate surface area is 87.1 Å². The van der Waals surface area contributed by atoms with E-state index in [1.165, 1.54) is 13.3 Å². The molecule has 1 heterocycles. The molecule has 6 heteroatoms. The maximum absolute atomic E-state index is 10.4. The van der Waals surface area contributed by atoms with Gasteiger partial charge >= 0.3 is 5.97 Å². The Balaban J connectivity index is 2.87. The molecule has 0 aliphatic rings. The molecule has 0 spiro atoms. The highest BCUT2D eigenvalue weighted by Gasteiger charge is 2.13. The zero-order valence-electron chi connectivity index (χ0n) is 8.60. The number of hydrogen-bond acceptors (Lipinski definition) is 5. The largest absolute Gasteiger partial charge is 0.481 e. The molecule has 6 nitrogen and oxygen atoms in total. The lowest BCUT2D eigenvalue weighted by Crippen LogP contribution is -2.17. The van der Waals surface area contributed by atoms with Crippen molar-refractivity contribution >= 4 is 5.97 Å². The zero-order valence-corrected chi connectivity index (χ0v) is 8.60. The molecule has 1 aromatic heterocycles. The molecular formula is C9H13N3O3. The van der Waals surface area contributed by atoms with E-state index in [9.17, 15) is 4.79 Å². The Bertz CT molecular complexity index is 368. The number of aryl methyl sites for hydroxylation is 1. The topological polar surface area (TPSA) is 98.3 Å². The molecule has 82 valence electrons. The van der Waals surface area contributed by atoms with E-state index in [2.05, 4.69) is 9.97 Å². The van der Waals surface area contributed by atoms with Gasteiger partial charge in [0.15, 0.2) is 0 Å². The Morgan fingerprint density at radius 1 is 1.73 bits per heavy atom. The zero-order chi connectivity index (χ0) is 11.4. The molecule has 1 atom stereocenters. The third kappa shape index (κ3) is 2.88. The fourth-order valence-corrected chi connectivity index (χ4v) is 1.16. The third-order valence-electron chi connectivity index (χ3n) is 1.89. The Kier molecular flexibility index (Phi) is 3.56. The van der Waals surface area contributed by atoms with Crippen LogP contribution >= 0.6 is 0 Å². The van der Waals surface area contributed by atoms with Crippen LogP contribution in [-0.4, -0.2) is 28.2 Å². The van der Waals surface area contributed by atoms with Gasteiger partial charge in [0.1, 0.15) is 0 Å². The van der Waals surface area contributed by atoms with Crippen LogP contribution in [0.25, 0.3) is 0 Å². The van der Waals surface area contributed by atoms with Gasteiger partial charge in [0.2, 0.25) is 5.88 Å². The number of carbonyl (C=O) groups is 1. The molecule has 1 aromatic rings. The first-order valence-corrected chi connectivity index (χ1v) is 4.39. The van der Waals surface area contributed by atoms with Crippen molar-refractivity contribution in [3.8, 4) is 5.88 Å². The highest BCUT2D eigenvalue weighted by Crippen LogP contribution is 2.16. The summed E-state index contributed by atoms with van der Waals surface area (Å²) in [5.74, 6) is -0.543. The first-order valence-electron chi connectivity index (χ1n) is 4.39. The molecule has 0 radical (unpaired) electrons. The van der Waals surface area contributed by atoms with Gasteiger partial charge in [0.25, 0.3) is 0 Å². The number of carboxylic acids is 1. The molecule has 1 rings (SSSR count). The number of rotatable bonds is 4. The second-order valence-corrected chi connectivity index (χ2v) is 3.09. The number of hydrogen-bond donors (Lipinski definition) is 2. The van der Waals surface area contributed by atoms with Crippen LogP contribution in [0.5, 0.6) is 5.88 Å². The van der Waals surface area contributed by atoms with Gasteiger partial charge in [-0.3, -0.25) is 4.79 Å². The molecule has 0 amide bonds. The first-order chi connectivity index (χ1) is 7.04. The van der Waals surface area contributed by atoms with Crippen LogP contribution in [0, 0.1) is 6.92 Å². The normalized spacial score (nSPS) is 12.2. The van der Waals surface area contributed by atoms with Crippen molar-refractivity contribution in [1.29, 1.82) is 0 Å². The fourth-order valence-electron chi connectivity index (χ4n) is 1.16. The Morgan fingerprint density at radius 3 is 2.87 bits per heavy atom. The van der Waals surface area contributed by atoms with Gasteiger partial charge in [-0.2, -0.15) is 0 Å². The summed E-state index contributed by atoms with van der Waals surface area (Å²) in [6.07, 6.45) is 1.26. The molecule has 3 N–H and O–H groups in total. The SMILES string of the molecule is COc1ncc(C(N)CC(=O)O)nc1C. The lowest BCUT2D eigenvalue weighted by Gasteiger charge is -2.09. The summed E-state index contributed by atoms with van der Waals surface area (Å²) >= 11 is 0. The maximum Gasteiger partial charge on any atom is 0.305 e. The number of nitrogens with two attached hydrogens (primary N) is 1. The standard InChI is InChI=1S/C9H13N3O3/c1-5-9(15-2)11-4-7(12-5)6(10)3-8(13)14/h4,6H,3,10H2,1-2H3,(H,13,14). The fraction of sp³-hybridized carbons (Fsp3) is 0.444. The van der Waals surface area contributed by atoms with E-state index in [1.807, 2.05) is 0 Å².